The Morgan fingerprint density at radius 3 is 2.70 bits per heavy atom. The molecule has 30 heavy (non-hydrogen) atoms. The molecule has 2 aliphatic heterocycles. The monoisotopic (exact) mass is 418 g/mol. The van der Waals surface area contributed by atoms with E-state index in [1.54, 1.807) is 6.07 Å². The van der Waals surface area contributed by atoms with Crippen molar-refractivity contribution in [2.75, 3.05) is 42.7 Å². The van der Waals surface area contributed by atoms with E-state index >= 15 is 0 Å². The molecular weight excluding hydrogens is 397 g/mol. The van der Waals surface area contributed by atoms with Gasteiger partial charge in [0.25, 0.3) is 0 Å². The molecule has 3 aromatic rings. The molecule has 4 heterocycles. The van der Waals surface area contributed by atoms with Gasteiger partial charge in [-0.05, 0) is 29.8 Å². The third-order valence-corrected chi connectivity index (χ3v) is 5.42. The molecule has 0 aliphatic carbocycles. The molecule has 0 amide bonds. The van der Waals surface area contributed by atoms with E-state index in [1.807, 2.05) is 12.1 Å². The maximum absolute atomic E-state index is 13.2. The minimum atomic E-state index is -4.46. The highest BCUT2D eigenvalue weighted by atomic mass is 19.4. The zero-order chi connectivity index (χ0) is 20.9. The van der Waals surface area contributed by atoms with Crippen LogP contribution in [-0.4, -0.2) is 53.5 Å². The summed E-state index contributed by atoms with van der Waals surface area (Å²) in [4.78, 5) is 9.63. The van der Waals surface area contributed by atoms with Crippen molar-refractivity contribution in [1.29, 1.82) is 0 Å². The van der Waals surface area contributed by atoms with Crippen LogP contribution in [0.3, 0.4) is 0 Å². The number of nitrogens with one attached hydrogen (secondary N) is 3. The first-order valence-corrected chi connectivity index (χ1v) is 9.69. The standard InChI is InChI=1S/C20H21F3N6O/c21-20(22,23)19-27-17-13(9-16(24)26-18(17)28-19)15-8-12-7-11(1-2-14(12)25-15)10-29-3-5-30-6-4-29/h1-2,7-9,19,25,27H,3-6,10H2,(H3,24,26,28). The lowest BCUT2D eigenvalue weighted by Gasteiger charge is -2.26. The zero-order valence-electron chi connectivity index (χ0n) is 16.0. The summed E-state index contributed by atoms with van der Waals surface area (Å²) in [5.74, 6) is 0.242. The predicted molar refractivity (Wildman–Crippen MR) is 109 cm³/mol. The minimum absolute atomic E-state index is 0.0963. The largest absolute Gasteiger partial charge is 0.427 e. The van der Waals surface area contributed by atoms with Gasteiger partial charge in [0, 0.05) is 41.8 Å². The lowest BCUT2D eigenvalue weighted by Crippen LogP contribution is -2.38. The minimum Gasteiger partial charge on any atom is -0.384 e. The van der Waals surface area contributed by atoms with Crippen LogP contribution in [0.15, 0.2) is 30.3 Å². The van der Waals surface area contributed by atoms with Crippen LogP contribution in [0, 0.1) is 0 Å². The van der Waals surface area contributed by atoms with Gasteiger partial charge in [-0.2, -0.15) is 13.2 Å². The average molecular weight is 418 g/mol. The number of aromatic amines is 1. The molecule has 1 saturated heterocycles. The summed E-state index contributed by atoms with van der Waals surface area (Å²) < 4.78 is 44.9. The third-order valence-electron chi connectivity index (χ3n) is 5.42. The second-order valence-electron chi connectivity index (χ2n) is 7.57. The summed E-state index contributed by atoms with van der Waals surface area (Å²) in [6.45, 7) is 4.11. The number of rotatable bonds is 3. The zero-order valence-corrected chi connectivity index (χ0v) is 16.0. The lowest BCUT2D eigenvalue weighted by atomic mass is 10.1. The smallest absolute Gasteiger partial charge is 0.384 e. The molecule has 158 valence electrons. The summed E-state index contributed by atoms with van der Waals surface area (Å²) >= 11 is 0. The summed E-state index contributed by atoms with van der Waals surface area (Å²) in [6, 6.07) is 9.65. The Kier molecular flexibility index (Phi) is 4.48. The molecule has 1 atom stereocenters. The lowest BCUT2D eigenvalue weighted by molar-refractivity contribution is -0.135. The first-order valence-electron chi connectivity index (χ1n) is 9.69. The van der Waals surface area contributed by atoms with E-state index in [9.17, 15) is 13.2 Å². The molecule has 0 spiro atoms. The summed E-state index contributed by atoms with van der Waals surface area (Å²) in [6.07, 6.45) is -6.35. The number of nitrogens with two attached hydrogens (primary N) is 1. The number of benzene rings is 1. The van der Waals surface area contributed by atoms with Crippen LogP contribution in [-0.2, 0) is 11.3 Å². The van der Waals surface area contributed by atoms with Crippen molar-refractivity contribution >= 4 is 28.2 Å². The van der Waals surface area contributed by atoms with Crippen LogP contribution in [0.4, 0.5) is 30.5 Å². The number of pyridine rings is 1. The Hall–Kier alpha value is -2.98. The number of aromatic nitrogens is 2. The van der Waals surface area contributed by atoms with Crippen molar-refractivity contribution in [2.45, 2.75) is 18.9 Å². The quantitative estimate of drug-likeness (QED) is 0.521. The molecule has 5 N–H and O–H groups in total. The summed E-state index contributed by atoms with van der Waals surface area (Å²) in [5.41, 5.74) is 9.43. The van der Waals surface area contributed by atoms with Gasteiger partial charge >= 0.3 is 6.18 Å². The predicted octanol–water partition coefficient (Wildman–Crippen LogP) is 3.37. The number of hydrogen-bond acceptors (Lipinski definition) is 6. The van der Waals surface area contributed by atoms with Crippen LogP contribution in [0.1, 0.15) is 5.56 Å². The Morgan fingerprint density at radius 2 is 1.93 bits per heavy atom. The Bertz CT molecular complexity index is 1090. The summed E-state index contributed by atoms with van der Waals surface area (Å²) in [7, 11) is 0. The number of anilines is 3. The number of fused-ring (bicyclic) bond motifs is 2. The van der Waals surface area contributed by atoms with Gasteiger partial charge in [-0.1, -0.05) is 6.07 Å². The Labute approximate surface area is 170 Å². The van der Waals surface area contributed by atoms with Gasteiger partial charge in [0.1, 0.15) is 5.82 Å². The van der Waals surface area contributed by atoms with E-state index in [0.717, 1.165) is 43.8 Å². The molecule has 0 bridgehead atoms. The fourth-order valence-electron chi connectivity index (χ4n) is 3.95. The average Bonchev–Trinajstić information content (AvgIpc) is 3.31. The van der Waals surface area contributed by atoms with Crippen LogP contribution in [0.2, 0.25) is 0 Å². The third kappa shape index (κ3) is 3.52. The van der Waals surface area contributed by atoms with Gasteiger partial charge in [0.15, 0.2) is 12.0 Å². The van der Waals surface area contributed by atoms with Crippen LogP contribution < -0.4 is 16.4 Å². The topological polar surface area (TPSA) is 91.2 Å². The fraction of sp³-hybridized carbons (Fsp3) is 0.350. The fourth-order valence-corrected chi connectivity index (χ4v) is 3.95. The normalized spacial score (nSPS) is 19.5. The van der Waals surface area contributed by atoms with Crippen LogP contribution >= 0.6 is 0 Å². The second-order valence-corrected chi connectivity index (χ2v) is 7.57. The van der Waals surface area contributed by atoms with E-state index in [1.165, 1.54) is 5.56 Å². The summed E-state index contributed by atoms with van der Waals surface area (Å²) in [5, 5.41) is 5.83. The molecular formula is C20H21F3N6O. The Morgan fingerprint density at radius 1 is 1.13 bits per heavy atom. The second kappa shape index (κ2) is 7.06. The number of alkyl halides is 3. The molecule has 0 radical (unpaired) electrons. The van der Waals surface area contributed by atoms with E-state index in [4.69, 9.17) is 10.5 Å². The van der Waals surface area contributed by atoms with E-state index in [2.05, 4.69) is 37.6 Å². The van der Waals surface area contributed by atoms with E-state index in [-0.39, 0.29) is 17.3 Å². The van der Waals surface area contributed by atoms with Gasteiger partial charge < -0.3 is 26.1 Å². The molecule has 7 nitrogen and oxygen atoms in total. The molecule has 1 fully saturated rings. The van der Waals surface area contributed by atoms with Gasteiger partial charge in [-0.25, -0.2) is 4.98 Å². The van der Waals surface area contributed by atoms with Crippen molar-refractivity contribution < 1.29 is 17.9 Å². The van der Waals surface area contributed by atoms with Crippen molar-refractivity contribution in [3.05, 3.63) is 35.9 Å². The van der Waals surface area contributed by atoms with Crippen LogP contribution in [0.25, 0.3) is 22.2 Å². The molecule has 10 heteroatoms. The van der Waals surface area contributed by atoms with Crippen molar-refractivity contribution in [3.63, 3.8) is 0 Å². The highest BCUT2D eigenvalue weighted by molar-refractivity contribution is 5.94. The number of nitrogens with zero attached hydrogens (tertiary/aromatic N) is 2. The molecule has 1 unspecified atom stereocenters. The highest BCUT2D eigenvalue weighted by Crippen LogP contribution is 2.42. The number of hydrogen-bond donors (Lipinski definition) is 4. The van der Waals surface area contributed by atoms with Gasteiger partial charge in [0.2, 0.25) is 0 Å². The highest BCUT2D eigenvalue weighted by Gasteiger charge is 2.44. The molecule has 2 aromatic heterocycles. The van der Waals surface area contributed by atoms with E-state index in [0.29, 0.717) is 11.3 Å². The van der Waals surface area contributed by atoms with Gasteiger partial charge in [-0.15, -0.1) is 0 Å². The number of H-pyrrole nitrogens is 1. The number of halogens is 3. The van der Waals surface area contributed by atoms with Crippen LogP contribution in [0.5, 0.6) is 0 Å². The first kappa shape index (κ1) is 19.0. The molecule has 5 rings (SSSR count). The molecule has 0 saturated carbocycles. The van der Waals surface area contributed by atoms with Crippen molar-refractivity contribution in [2.24, 2.45) is 0 Å². The molecule has 2 aliphatic rings. The number of morpholine rings is 1. The van der Waals surface area contributed by atoms with Gasteiger partial charge in [0.05, 0.1) is 18.9 Å². The van der Waals surface area contributed by atoms with Gasteiger partial charge in [-0.3, -0.25) is 4.90 Å². The maximum atomic E-state index is 13.2. The molecule has 1 aromatic carbocycles. The SMILES string of the molecule is Nc1cc(-c2cc3cc(CN4CCOCC4)ccc3[nH]2)c2c(n1)NC(C(F)(F)F)N2. The maximum Gasteiger partial charge on any atom is 0.427 e. The van der Waals surface area contributed by atoms with Crippen molar-refractivity contribution in [3.8, 4) is 11.3 Å². The van der Waals surface area contributed by atoms with Crippen molar-refractivity contribution in [1.82, 2.24) is 14.9 Å². The number of ether oxygens (including phenoxy) is 1. The van der Waals surface area contributed by atoms with E-state index < -0.39 is 12.3 Å². The first-order chi connectivity index (χ1) is 14.4. The number of nitrogen functional groups attached to an aromatic ring is 1. The Balaban J connectivity index is 1.47.